The van der Waals surface area contributed by atoms with E-state index in [0.29, 0.717) is 22.9 Å². The number of para-hydroxylation sites is 4. The molecule has 0 saturated carbocycles. The number of hydrogen-bond acceptors (Lipinski definition) is 4. The van der Waals surface area contributed by atoms with Crippen LogP contribution in [0.15, 0.2) is 84.9 Å². The van der Waals surface area contributed by atoms with E-state index in [-0.39, 0.29) is 0 Å². The van der Waals surface area contributed by atoms with Crippen molar-refractivity contribution in [1.82, 2.24) is 0 Å². The van der Waals surface area contributed by atoms with Gasteiger partial charge in [0.1, 0.15) is 23.0 Å². The molecule has 0 aliphatic carbocycles. The Morgan fingerprint density at radius 3 is 1.21 bits per heavy atom. The second-order valence-electron chi connectivity index (χ2n) is 13.1. The first-order valence-corrected chi connectivity index (χ1v) is 18.4. The van der Waals surface area contributed by atoms with Gasteiger partial charge in [-0.05, 0) is 90.8 Å². The lowest BCUT2D eigenvalue weighted by Gasteiger charge is -2.16. The Labute approximate surface area is 284 Å². The van der Waals surface area contributed by atoms with Crippen LogP contribution in [0.5, 0.6) is 23.0 Å². The summed E-state index contributed by atoms with van der Waals surface area (Å²) in [5.41, 5.74) is 18.9. The summed E-state index contributed by atoms with van der Waals surface area (Å²) in [7, 11) is 0. The molecule has 4 rings (SSSR count). The molecule has 4 aromatic rings. The average molecular weight is 635 g/mol. The van der Waals surface area contributed by atoms with Gasteiger partial charge in [0.2, 0.25) is 0 Å². The van der Waals surface area contributed by atoms with Gasteiger partial charge in [-0.3, -0.25) is 0 Å². The molecule has 0 heterocycles. The van der Waals surface area contributed by atoms with Crippen molar-refractivity contribution in [3.8, 4) is 23.0 Å². The molecule has 4 N–H and O–H groups in total. The molecule has 0 bridgehead atoms. The molecule has 0 spiro atoms. The minimum atomic E-state index is 0.659. The molecule has 0 amide bonds. The summed E-state index contributed by atoms with van der Waals surface area (Å²) in [6.45, 7) is 4.54. The van der Waals surface area contributed by atoms with E-state index >= 15 is 0 Å². The Morgan fingerprint density at radius 1 is 0.426 bits per heavy atom. The van der Waals surface area contributed by atoms with Crippen molar-refractivity contribution >= 4 is 11.4 Å². The van der Waals surface area contributed by atoms with Crippen molar-refractivity contribution in [2.45, 2.75) is 123 Å². The van der Waals surface area contributed by atoms with Crippen LogP contribution in [-0.4, -0.2) is 0 Å². The predicted molar refractivity (Wildman–Crippen MR) is 201 cm³/mol. The molecule has 4 heteroatoms. The van der Waals surface area contributed by atoms with Crippen LogP contribution in [0.2, 0.25) is 0 Å². The van der Waals surface area contributed by atoms with Crippen molar-refractivity contribution in [1.29, 1.82) is 0 Å². The molecule has 0 aromatic heterocycles. The van der Waals surface area contributed by atoms with Crippen LogP contribution in [-0.2, 0) is 19.3 Å². The number of hydrogen-bond donors (Lipinski definition) is 2. The summed E-state index contributed by atoms with van der Waals surface area (Å²) in [6.07, 6.45) is 20.9. The lowest BCUT2D eigenvalue weighted by molar-refractivity contribution is 0.476. The fraction of sp³-hybridized carbons (Fsp3) is 0.442. The number of ether oxygens (including phenoxy) is 2. The molecular weight excluding hydrogens is 576 g/mol. The molecule has 0 aliphatic heterocycles. The van der Waals surface area contributed by atoms with Gasteiger partial charge in [0.25, 0.3) is 0 Å². The molecule has 47 heavy (non-hydrogen) atoms. The molecule has 4 nitrogen and oxygen atoms in total. The van der Waals surface area contributed by atoms with Crippen LogP contribution < -0.4 is 20.9 Å². The van der Waals surface area contributed by atoms with E-state index in [0.717, 1.165) is 43.6 Å². The van der Waals surface area contributed by atoms with Crippen molar-refractivity contribution in [2.75, 3.05) is 11.5 Å². The highest BCUT2D eigenvalue weighted by Crippen LogP contribution is 2.34. The molecule has 252 valence electrons. The molecule has 4 aromatic carbocycles. The number of aryl methyl sites for hydroxylation is 2. The van der Waals surface area contributed by atoms with Crippen molar-refractivity contribution in [3.63, 3.8) is 0 Å². The fourth-order valence-corrected chi connectivity index (χ4v) is 6.24. The SMILES string of the molecule is CCCCCCCCCc1cc(Cc2ccc(Oc3ccccc3N)c(CCCCCCCCC)c2)ccc1Oc1ccccc1N. The predicted octanol–water partition coefficient (Wildman–Crippen LogP) is 12.6. The standard InChI is InChI=1S/C43H58N2O2/c1-3-5-7-9-11-13-15-21-36-32-34(27-29-40(36)46-42-25-19-17-23-38(42)44)31-35-28-30-41(47-43-26-20-18-24-39(43)45)37(33-35)22-16-14-12-10-8-6-4-2/h17-20,23-30,32-33H,3-16,21-22,31,44-45H2,1-2H3. The van der Waals surface area contributed by atoms with Crippen LogP contribution in [0.25, 0.3) is 0 Å². The van der Waals surface area contributed by atoms with Crippen LogP contribution in [0.1, 0.15) is 126 Å². The van der Waals surface area contributed by atoms with E-state index in [2.05, 4.69) is 50.2 Å². The van der Waals surface area contributed by atoms with Gasteiger partial charge in [-0.1, -0.05) is 139 Å². The Morgan fingerprint density at radius 2 is 0.809 bits per heavy atom. The highest BCUT2D eigenvalue weighted by molar-refractivity contribution is 5.56. The first-order valence-electron chi connectivity index (χ1n) is 18.4. The molecule has 0 atom stereocenters. The van der Waals surface area contributed by atoms with E-state index in [4.69, 9.17) is 20.9 Å². The Bertz CT molecular complexity index is 1370. The van der Waals surface area contributed by atoms with Crippen molar-refractivity contribution < 1.29 is 9.47 Å². The molecular formula is C43H58N2O2. The zero-order valence-corrected chi connectivity index (χ0v) is 29.1. The van der Waals surface area contributed by atoms with E-state index in [9.17, 15) is 0 Å². The number of nitrogen functional groups attached to an aromatic ring is 2. The number of benzene rings is 4. The number of rotatable bonds is 22. The van der Waals surface area contributed by atoms with Crippen LogP contribution in [0, 0.1) is 0 Å². The second-order valence-corrected chi connectivity index (χ2v) is 13.1. The highest BCUT2D eigenvalue weighted by atomic mass is 16.5. The van der Waals surface area contributed by atoms with Gasteiger partial charge in [0, 0.05) is 0 Å². The first kappa shape index (κ1) is 35.9. The molecule has 0 unspecified atom stereocenters. The first-order chi connectivity index (χ1) is 23.1. The summed E-state index contributed by atoms with van der Waals surface area (Å²) < 4.78 is 12.8. The highest BCUT2D eigenvalue weighted by Gasteiger charge is 2.12. The number of unbranched alkanes of at least 4 members (excludes halogenated alkanes) is 12. The van der Waals surface area contributed by atoms with Gasteiger partial charge in [0.15, 0.2) is 0 Å². The van der Waals surface area contributed by atoms with Gasteiger partial charge < -0.3 is 20.9 Å². The third-order valence-electron chi connectivity index (χ3n) is 9.04. The lowest BCUT2D eigenvalue weighted by atomic mass is 9.96. The maximum absolute atomic E-state index is 6.39. The minimum absolute atomic E-state index is 0.659. The maximum atomic E-state index is 6.39. The Balaban J connectivity index is 1.50. The van der Waals surface area contributed by atoms with Gasteiger partial charge in [-0.15, -0.1) is 0 Å². The second kappa shape index (κ2) is 20.3. The summed E-state index contributed by atoms with van der Waals surface area (Å²) in [5.74, 6) is 3.24. The van der Waals surface area contributed by atoms with Crippen LogP contribution in [0.3, 0.4) is 0 Å². The van der Waals surface area contributed by atoms with E-state index in [1.54, 1.807) is 0 Å². The van der Waals surface area contributed by atoms with Gasteiger partial charge >= 0.3 is 0 Å². The zero-order chi connectivity index (χ0) is 33.1. The maximum Gasteiger partial charge on any atom is 0.150 e. The summed E-state index contributed by atoms with van der Waals surface area (Å²) in [4.78, 5) is 0. The largest absolute Gasteiger partial charge is 0.455 e. The average Bonchev–Trinajstić information content (AvgIpc) is 3.08. The third kappa shape index (κ3) is 12.3. The molecule has 0 saturated heterocycles. The topological polar surface area (TPSA) is 70.5 Å². The third-order valence-corrected chi connectivity index (χ3v) is 9.04. The monoisotopic (exact) mass is 634 g/mol. The van der Waals surface area contributed by atoms with Gasteiger partial charge in [0.05, 0.1) is 11.4 Å². The van der Waals surface area contributed by atoms with Crippen molar-refractivity contribution in [3.05, 3.63) is 107 Å². The van der Waals surface area contributed by atoms with Crippen LogP contribution in [0.4, 0.5) is 11.4 Å². The van der Waals surface area contributed by atoms with Crippen LogP contribution >= 0.6 is 0 Å². The van der Waals surface area contributed by atoms with E-state index in [1.807, 2.05) is 48.5 Å². The molecule has 0 radical (unpaired) electrons. The smallest absolute Gasteiger partial charge is 0.150 e. The van der Waals surface area contributed by atoms with Gasteiger partial charge in [-0.2, -0.15) is 0 Å². The van der Waals surface area contributed by atoms with Crippen molar-refractivity contribution in [2.24, 2.45) is 0 Å². The zero-order valence-electron chi connectivity index (χ0n) is 29.1. The summed E-state index contributed by atoms with van der Waals surface area (Å²) >= 11 is 0. The Kier molecular flexibility index (Phi) is 15.6. The fourth-order valence-electron chi connectivity index (χ4n) is 6.24. The lowest BCUT2D eigenvalue weighted by Crippen LogP contribution is -2.00. The quantitative estimate of drug-likeness (QED) is 0.0666. The van der Waals surface area contributed by atoms with Gasteiger partial charge in [-0.25, -0.2) is 0 Å². The normalized spacial score (nSPS) is 11.1. The molecule has 0 fully saturated rings. The molecule has 0 aliphatic rings. The minimum Gasteiger partial charge on any atom is -0.455 e. The van der Waals surface area contributed by atoms with E-state index < -0.39 is 0 Å². The Hall–Kier alpha value is -3.92. The van der Waals surface area contributed by atoms with E-state index in [1.165, 1.54) is 99.3 Å². The number of nitrogens with two attached hydrogens (primary N) is 2. The summed E-state index contributed by atoms with van der Waals surface area (Å²) in [6, 6.07) is 28.9. The number of anilines is 2. The summed E-state index contributed by atoms with van der Waals surface area (Å²) in [5, 5.41) is 0.